The Bertz CT molecular complexity index is 1010. The minimum atomic E-state index is -0.427. The van der Waals surface area contributed by atoms with Gasteiger partial charge in [0.2, 0.25) is 0 Å². The third-order valence-corrected chi connectivity index (χ3v) is 4.42. The fourth-order valence-corrected chi connectivity index (χ4v) is 2.85. The highest BCUT2D eigenvalue weighted by Crippen LogP contribution is 2.31. The molecule has 3 aromatic rings. The second-order valence-corrected chi connectivity index (χ2v) is 6.43. The van der Waals surface area contributed by atoms with Crippen LogP contribution >= 0.6 is 0 Å². The Morgan fingerprint density at radius 2 is 1.43 bits per heavy atom. The lowest BCUT2D eigenvalue weighted by Gasteiger charge is -2.11. The van der Waals surface area contributed by atoms with Crippen LogP contribution in [0.15, 0.2) is 85.5 Å². The van der Waals surface area contributed by atoms with Crippen LogP contribution in [0.3, 0.4) is 0 Å². The summed E-state index contributed by atoms with van der Waals surface area (Å²) in [4.78, 5) is 11.6. The molecule has 0 unspecified atom stereocenters. The van der Waals surface area contributed by atoms with Crippen LogP contribution in [0.4, 0.5) is 0 Å². The van der Waals surface area contributed by atoms with Crippen molar-refractivity contribution in [2.75, 3.05) is 7.11 Å². The quantitative estimate of drug-likeness (QED) is 0.296. The second-order valence-electron chi connectivity index (χ2n) is 6.43. The summed E-state index contributed by atoms with van der Waals surface area (Å²) >= 11 is 0. The third-order valence-electron chi connectivity index (χ3n) is 4.42. The lowest BCUT2D eigenvalue weighted by atomic mass is 9.95. The van der Waals surface area contributed by atoms with Crippen molar-refractivity contribution in [1.82, 2.24) is 0 Å². The topological polar surface area (TPSA) is 35.5 Å². The van der Waals surface area contributed by atoms with Crippen molar-refractivity contribution in [3.8, 4) is 33.8 Å². The summed E-state index contributed by atoms with van der Waals surface area (Å²) < 4.78 is 10.5. The van der Waals surface area contributed by atoms with Gasteiger partial charge >= 0.3 is 5.97 Å². The number of rotatable bonds is 6. The van der Waals surface area contributed by atoms with Crippen LogP contribution in [0.25, 0.3) is 28.3 Å². The monoisotopic (exact) mass is 370 g/mol. The molecule has 28 heavy (non-hydrogen) atoms. The van der Waals surface area contributed by atoms with Crippen LogP contribution < -0.4 is 9.47 Å². The maximum Gasteiger partial charge on any atom is 0.338 e. The van der Waals surface area contributed by atoms with E-state index in [0.717, 1.165) is 33.6 Å². The van der Waals surface area contributed by atoms with E-state index < -0.39 is 5.97 Å². The molecule has 0 aliphatic carbocycles. The highest BCUT2D eigenvalue weighted by Gasteiger charge is 2.08. The number of methoxy groups -OCH3 is 1. The van der Waals surface area contributed by atoms with Gasteiger partial charge in [-0.25, -0.2) is 4.79 Å². The molecular formula is C25H22O3. The van der Waals surface area contributed by atoms with Gasteiger partial charge in [-0.3, -0.25) is 0 Å². The molecule has 0 heterocycles. The predicted molar refractivity (Wildman–Crippen MR) is 114 cm³/mol. The molecule has 3 aromatic carbocycles. The van der Waals surface area contributed by atoms with Gasteiger partial charge < -0.3 is 9.47 Å². The third kappa shape index (κ3) is 4.21. The first kappa shape index (κ1) is 19.2. The second kappa shape index (κ2) is 8.40. The highest BCUT2D eigenvalue weighted by atomic mass is 16.5. The lowest BCUT2D eigenvalue weighted by molar-refractivity contribution is -0.130. The van der Waals surface area contributed by atoms with Gasteiger partial charge in [0.1, 0.15) is 11.5 Å². The first-order chi connectivity index (χ1) is 13.5. The van der Waals surface area contributed by atoms with Gasteiger partial charge in [-0.2, -0.15) is 0 Å². The largest absolute Gasteiger partial charge is 0.497 e. The van der Waals surface area contributed by atoms with Gasteiger partial charge in [0.15, 0.2) is 0 Å². The molecule has 0 aromatic heterocycles. The van der Waals surface area contributed by atoms with Crippen LogP contribution in [0.5, 0.6) is 11.5 Å². The zero-order valence-corrected chi connectivity index (χ0v) is 16.1. The van der Waals surface area contributed by atoms with E-state index in [2.05, 4.69) is 31.4 Å². The van der Waals surface area contributed by atoms with Crippen molar-refractivity contribution in [3.63, 3.8) is 0 Å². The summed E-state index contributed by atoms with van der Waals surface area (Å²) in [5.74, 6) is 0.895. The van der Waals surface area contributed by atoms with E-state index in [4.69, 9.17) is 9.47 Å². The van der Waals surface area contributed by atoms with E-state index in [1.54, 1.807) is 26.2 Å². The van der Waals surface area contributed by atoms with Crippen LogP contribution in [0.2, 0.25) is 0 Å². The summed E-state index contributed by atoms with van der Waals surface area (Å²) in [7, 11) is 1.66. The van der Waals surface area contributed by atoms with Gasteiger partial charge in [0.25, 0.3) is 0 Å². The van der Waals surface area contributed by atoms with Crippen molar-refractivity contribution in [2.45, 2.75) is 6.92 Å². The normalized spacial score (nSPS) is 10.2. The minimum absolute atomic E-state index is 0.368. The number of hydrogen-bond donors (Lipinski definition) is 0. The molecule has 0 N–H and O–H groups in total. The van der Waals surface area contributed by atoms with Gasteiger partial charge in [-0.1, -0.05) is 55.6 Å². The average Bonchev–Trinajstić information content (AvgIpc) is 2.74. The summed E-state index contributed by atoms with van der Waals surface area (Å²) in [6.07, 6.45) is 1.84. The molecular weight excluding hydrogens is 348 g/mol. The van der Waals surface area contributed by atoms with Crippen molar-refractivity contribution < 1.29 is 14.3 Å². The van der Waals surface area contributed by atoms with E-state index in [1.165, 1.54) is 0 Å². The van der Waals surface area contributed by atoms with Crippen LogP contribution in [-0.2, 0) is 4.79 Å². The molecule has 0 amide bonds. The van der Waals surface area contributed by atoms with Crippen LogP contribution in [0, 0.1) is 0 Å². The number of esters is 1. The molecule has 0 aliphatic rings. The smallest absolute Gasteiger partial charge is 0.338 e. The Hall–Kier alpha value is -3.59. The van der Waals surface area contributed by atoms with Crippen molar-refractivity contribution >= 4 is 12.0 Å². The Labute approximate surface area is 165 Å². The number of hydrogen-bond acceptors (Lipinski definition) is 3. The molecule has 0 saturated heterocycles. The average molecular weight is 370 g/mol. The molecule has 0 spiro atoms. The zero-order valence-electron chi connectivity index (χ0n) is 16.1. The highest BCUT2D eigenvalue weighted by molar-refractivity contribution is 5.89. The fourth-order valence-electron chi connectivity index (χ4n) is 2.85. The molecule has 0 bridgehead atoms. The SMILES string of the molecule is C=Cc1cc(-c2ccc(OC)cc2)ccc1-c1ccc(OC(=O)C(=C)C)cc1. The number of benzene rings is 3. The Balaban J connectivity index is 1.88. The summed E-state index contributed by atoms with van der Waals surface area (Å²) in [6.45, 7) is 9.17. The molecule has 0 atom stereocenters. The summed E-state index contributed by atoms with van der Waals surface area (Å²) in [5, 5.41) is 0. The standard InChI is InChI=1S/C25H22O3/c1-5-18-16-21(19-6-11-22(27-4)12-7-19)10-15-24(18)20-8-13-23(14-9-20)28-25(26)17(2)3/h5-16H,1-2H2,3-4H3. The van der Waals surface area contributed by atoms with Gasteiger partial charge in [-0.05, 0) is 65.1 Å². The summed E-state index contributed by atoms with van der Waals surface area (Å²) in [5.41, 5.74) is 5.69. The summed E-state index contributed by atoms with van der Waals surface area (Å²) in [6, 6.07) is 21.6. The first-order valence-corrected chi connectivity index (χ1v) is 8.91. The van der Waals surface area contributed by atoms with E-state index in [1.807, 2.05) is 42.5 Å². The van der Waals surface area contributed by atoms with Crippen LogP contribution in [0.1, 0.15) is 12.5 Å². The van der Waals surface area contributed by atoms with Crippen molar-refractivity contribution in [3.05, 3.63) is 91.0 Å². The predicted octanol–water partition coefficient (Wildman–Crippen LogP) is 6.15. The van der Waals surface area contributed by atoms with E-state index in [-0.39, 0.29) is 0 Å². The maximum absolute atomic E-state index is 11.6. The van der Waals surface area contributed by atoms with E-state index in [9.17, 15) is 4.79 Å². The Morgan fingerprint density at radius 3 is 2.00 bits per heavy atom. The van der Waals surface area contributed by atoms with Crippen molar-refractivity contribution in [2.24, 2.45) is 0 Å². The number of carbonyl (C=O) groups excluding carboxylic acids is 1. The molecule has 0 fully saturated rings. The minimum Gasteiger partial charge on any atom is -0.497 e. The van der Waals surface area contributed by atoms with Crippen molar-refractivity contribution in [1.29, 1.82) is 0 Å². The van der Waals surface area contributed by atoms with Gasteiger partial charge in [0.05, 0.1) is 7.11 Å². The molecule has 3 heteroatoms. The Kier molecular flexibility index (Phi) is 5.75. The Morgan fingerprint density at radius 1 is 0.857 bits per heavy atom. The maximum atomic E-state index is 11.6. The molecule has 0 aliphatic heterocycles. The molecule has 3 nitrogen and oxygen atoms in total. The van der Waals surface area contributed by atoms with Crippen LogP contribution in [-0.4, -0.2) is 13.1 Å². The first-order valence-electron chi connectivity index (χ1n) is 8.91. The van der Waals surface area contributed by atoms with Gasteiger partial charge in [0, 0.05) is 5.57 Å². The van der Waals surface area contributed by atoms with Gasteiger partial charge in [-0.15, -0.1) is 0 Å². The molecule has 0 saturated carbocycles. The number of ether oxygens (including phenoxy) is 2. The molecule has 3 rings (SSSR count). The molecule has 140 valence electrons. The van der Waals surface area contributed by atoms with E-state index in [0.29, 0.717) is 11.3 Å². The lowest BCUT2D eigenvalue weighted by Crippen LogP contribution is -2.07. The number of carbonyl (C=O) groups is 1. The molecule has 0 radical (unpaired) electrons. The van der Waals surface area contributed by atoms with E-state index >= 15 is 0 Å². The zero-order chi connectivity index (χ0) is 20.1. The fraction of sp³-hybridized carbons (Fsp3) is 0.0800.